The first-order valence-corrected chi connectivity index (χ1v) is 9.12. The van der Waals surface area contributed by atoms with E-state index in [1.54, 1.807) is 12.1 Å². The number of nitrogens with one attached hydrogen (secondary N) is 1. The Morgan fingerprint density at radius 2 is 1.70 bits per heavy atom. The van der Waals surface area contributed by atoms with Gasteiger partial charge in [0.25, 0.3) is 5.91 Å². The van der Waals surface area contributed by atoms with Crippen LogP contribution in [0.25, 0.3) is 0 Å². The normalized spacial score (nSPS) is 16.6. The van der Waals surface area contributed by atoms with Gasteiger partial charge in [-0.3, -0.25) is 9.69 Å². The summed E-state index contributed by atoms with van der Waals surface area (Å²) in [6, 6.07) is 16.4. The number of carboxylic acid groups (broad SMARTS) is 1. The summed E-state index contributed by atoms with van der Waals surface area (Å²) in [5, 5.41) is 11.9. The van der Waals surface area contributed by atoms with E-state index in [1.165, 1.54) is 17.7 Å². The van der Waals surface area contributed by atoms with Crippen LogP contribution in [-0.2, 0) is 6.54 Å². The van der Waals surface area contributed by atoms with Gasteiger partial charge in [0.1, 0.15) is 0 Å². The Labute approximate surface area is 159 Å². The van der Waals surface area contributed by atoms with Crippen molar-refractivity contribution in [1.82, 2.24) is 10.2 Å². The molecule has 0 spiro atoms. The fourth-order valence-electron chi connectivity index (χ4n) is 3.33. The van der Waals surface area contributed by atoms with Gasteiger partial charge in [0.2, 0.25) is 0 Å². The molecule has 6 heteroatoms. The molecule has 2 aromatic rings. The van der Waals surface area contributed by atoms with Crippen LogP contribution in [0.15, 0.2) is 54.6 Å². The Morgan fingerprint density at radius 1 is 1.04 bits per heavy atom. The van der Waals surface area contributed by atoms with Gasteiger partial charge in [0.15, 0.2) is 0 Å². The van der Waals surface area contributed by atoms with Crippen molar-refractivity contribution in [3.05, 3.63) is 71.3 Å². The van der Waals surface area contributed by atoms with E-state index in [-0.39, 0.29) is 11.5 Å². The molecule has 1 amide bonds. The number of carbonyl (C=O) groups excluding carboxylic acids is 1. The third kappa shape index (κ3) is 5.15. The van der Waals surface area contributed by atoms with Crippen molar-refractivity contribution in [2.45, 2.75) is 24.9 Å². The lowest BCUT2D eigenvalue weighted by Crippen LogP contribution is -2.56. The van der Waals surface area contributed by atoms with Crippen molar-refractivity contribution >= 4 is 11.9 Å². The van der Waals surface area contributed by atoms with Crippen LogP contribution in [0.3, 0.4) is 0 Å². The number of aromatic carboxylic acids is 1. The predicted octanol–water partition coefficient (Wildman–Crippen LogP) is 2.11. The average Bonchev–Trinajstić information content (AvgIpc) is 2.69. The van der Waals surface area contributed by atoms with Gasteiger partial charge in [-0.15, -0.1) is 0 Å². The van der Waals surface area contributed by atoms with Crippen molar-refractivity contribution in [2.24, 2.45) is 5.73 Å². The molecular weight excluding hydrogens is 342 g/mol. The highest BCUT2D eigenvalue weighted by molar-refractivity contribution is 5.97. The molecule has 4 N–H and O–H groups in total. The van der Waals surface area contributed by atoms with Crippen molar-refractivity contribution in [2.75, 3.05) is 19.6 Å². The van der Waals surface area contributed by atoms with Gasteiger partial charge < -0.3 is 16.2 Å². The highest BCUT2D eigenvalue weighted by Crippen LogP contribution is 2.21. The fourth-order valence-corrected chi connectivity index (χ4v) is 3.33. The molecule has 6 nitrogen and oxygen atoms in total. The number of rotatable bonds is 6. The fraction of sp³-hybridized carbons (Fsp3) is 0.333. The zero-order valence-electron chi connectivity index (χ0n) is 15.2. The number of piperidine rings is 1. The molecule has 1 fully saturated rings. The van der Waals surface area contributed by atoms with E-state index in [1.807, 2.05) is 18.2 Å². The van der Waals surface area contributed by atoms with Crippen molar-refractivity contribution in [1.29, 1.82) is 0 Å². The number of carbonyl (C=O) groups is 2. The van der Waals surface area contributed by atoms with Crippen molar-refractivity contribution in [3.8, 4) is 0 Å². The van der Waals surface area contributed by atoms with Crippen LogP contribution in [-0.4, -0.2) is 47.1 Å². The number of carboxylic acids is 1. The molecule has 2 aromatic carbocycles. The molecule has 0 bridgehead atoms. The number of nitrogens with zero attached hydrogens (tertiary/aromatic N) is 1. The molecule has 1 saturated heterocycles. The summed E-state index contributed by atoms with van der Waals surface area (Å²) in [4.78, 5) is 25.8. The summed E-state index contributed by atoms with van der Waals surface area (Å²) < 4.78 is 0. The molecule has 1 heterocycles. The summed E-state index contributed by atoms with van der Waals surface area (Å²) >= 11 is 0. The Balaban J connectivity index is 1.50. The number of nitrogens with two attached hydrogens (primary N) is 1. The maximum Gasteiger partial charge on any atom is 0.335 e. The molecule has 0 saturated carbocycles. The van der Waals surface area contributed by atoms with Gasteiger partial charge in [0.05, 0.1) is 5.56 Å². The Morgan fingerprint density at radius 3 is 2.37 bits per heavy atom. The van der Waals surface area contributed by atoms with E-state index >= 15 is 0 Å². The van der Waals surface area contributed by atoms with Gasteiger partial charge >= 0.3 is 5.97 Å². The van der Waals surface area contributed by atoms with E-state index in [4.69, 9.17) is 10.8 Å². The Bertz CT molecular complexity index is 799. The molecule has 0 aliphatic carbocycles. The van der Waals surface area contributed by atoms with Gasteiger partial charge in [-0.2, -0.15) is 0 Å². The molecule has 142 valence electrons. The van der Waals surface area contributed by atoms with E-state index < -0.39 is 11.5 Å². The molecule has 0 unspecified atom stereocenters. The molecule has 3 rings (SSSR count). The summed E-state index contributed by atoms with van der Waals surface area (Å²) in [7, 11) is 0. The van der Waals surface area contributed by atoms with Crippen LogP contribution in [0.5, 0.6) is 0 Å². The number of benzene rings is 2. The predicted molar refractivity (Wildman–Crippen MR) is 104 cm³/mol. The zero-order valence-corrected chi connectivity index (χ0v) is 15.2. The molecular formula is C21H25N3O3. The standard InChI is InChI=1S/C21H25N3O3/c22-21(9-11-24(12-10-21)14-16-5-2-1-3-6-16)15-23-19(25)17-7-4-8-18(13-17)20(26)27/h1-8,13H,9-12,14-15,22H2,(H,23,25)(H,26,27). The number of hydrogen-bond donors (Lipinski definition) is 3. The van der Waals surface area contributed by atoms with E-state index in [0.29, 0.717) is 12.1 Å². The second kappa shape index (κ2) is 8.33. The second-order valence-corrected chi connectivity index (χ2v) is 7.19. The molecule has 27 heavy (non-hydrogen) atoms. The minimum absolute atomic E-state index is 0.0966. The smallest absolute Gasteiger partial charge is 0.335 e. The minimum Gasteiger partial charge on any atom is -0.478 e. The lowest BCUT2D eigenvalue weighted by molar-refractivity contribution is 0.0697. The quantitative estimate of drug-likeness (QED) is 0.727. The number of hydrogen-bond acceptors (Lipinski definition) is 4. The molecule has 1 aliphatic heterocycles. The highest BCUT2D eigenvalue weighted by atomic mass is 16.4. The first kappa shape index (κ1) is 19.1. The van der Waals surface area contributed by atoms with Crippen LogP contribution < -0.4 is 11.1 Å². The Hall–Kier alpha value is -2.70. The van der Waals surface area contributed by atoms with Gasteiger partial charge in [0, 0.05) is 37.3 Å². The summed E-state index contributed by atoms with van der Waals surface area (Å²) in [6.07, 6.45) is 1.60. The second-order valence-electron chi connectivity index (χ2n) is 7.19. The van der Waals surface area contributed by atoms with Crippen LogP contribution in [0.1, 0.15) is 39.1 Å². The summed E-state index contributed by atoms with van der Waals surface area (Å²) in [5.74, 6) is -1.35. The van der Waals surface area contributed by atoms with Gasteiger partial charge in [-0.25, -0.2) is 4.79 Å². The molecule has 0 atom stereocenters. The molecule has 0 radical (unpaired) electrons. The number of likely N-dealkylation sites (tertiary alicyclic amines) is 1. The maximum atomic E-state index is 12.3. The summed E-state index contributed by atoms with van der Waals surface area (Å²) in [5.41, 5.74) is 7.76. The highest BCUT2D eigenvalue weighted by Gasteiger charge is 2.31. The first-order chi connectivity index (χ1) is 13.0. The summed E-state index contributed by atoms with van der Waals surface area (Å²) in [6.45, 7) is 3.05. The monoisotopic (exact) mass is 367 g/mol. The Kier molecular flexibility index (Phi) is 5.88. The van der Waals surface area contributed by atoms with E-state index in [0.717, 1.165) is 32.5 Å². The van der Waals surface area contributed by atoms with Crippen molar-refractivity contribution in [3.63, 3.8) is 0 Å². The molecule has 0 aromatic heterocycles. The number of amides is 1. The lowest BCUT2D eigenvalue weighted by Gasteiger charge is -2.39. The van der Waals surface area contributed by atoms with E-state index in [9.17, 15) is 9.59 Å². The van der Waals surface area contributed by atoms with Gasteiger partial charge in [-0.1, -0.05) is 36.4 Å². The van der Waals surface area contributed by atoms with Crippen LogP contribution >= 0.6 is 0 Å². The minimum atomic E-state index is -1.05. The third-order valence-corrected chi connectivity index (χ3v) is 5.07. The molecule has 1 aliphatic rings. The van der Waals surface area contributed by atoms with E-state index in [2.05, 4.69) is 22.3 Å². The third-order valence-electron chi connectivity index (χ3n) is 5.07. The largest absolute Gasteiger partial charge is 0.478 e. The first-order valence-electron chi connectivity index (χ1n) is 9.12. The maximum absolute atomic E-state index is 12.3. The van der Waals surface area contributed by atoms with Crippen LogP contribution in [0.4, 0.5) is 0 Å². The zero-order chi connectivity index (χ0) is 19.3. The van der Waals surface area contributed by atoms with Crippen LogP contribution in [0.2, 0.25) is 0 Å². The lowest BCUT2D eigenvalue weighted by atomic mass is 9.88. The SMILES string of the molecule is NC1(CNC(=O)c2cccc(C(=O)O)c2)CCN(Cc2ccccc2)CC1. The van der Waals surface area contributed by atoms with Crippen molar-refractivity contribution < 1.29 is 14.7 Å². The average molecular weight is 367 g/mol. The van der Waals surface area contributed by atoms with Crippen LogP contribution in [0, 0.1) is 0 Å². The topological polar surface area (TPSA) is 95.7 Å². The van der Waals surface area contributed by atoms with Gasteiger partial charge in [-0.05, 0) is 36.6 Å².